The minimum Gasteiger partial charge on any atom is -0.681 e. The minimum absolute atomic E-state index is 0. The molecule has 1 aliphatic carbocycles. The van der Waals surface area contributed by atoms with E-state index in [2.05, 4.69) is 46.8 Å². The predicted octanol–water partition coefficient (Wildman–Crippen LogP) is 4.29. The van der Waals surface area contributed by atoms with Crippen molar-refractivity contribution in [2.45, 2.75) is 92.3 Å². The van der Waals surface area contributed by atoms with Crippen LogP contribution in [-0.4, -0.2) is 65.9 Å². The van der Waals surface area contributed by atoms with Crippen molar-refractivity contribution in [3.63, 3.8) is 0 Å². The number of rotatable bonds is 7. The van der Waals surface area contributed by atoms with Crippen LogP contribution in [0.2, 0.25) is 0 Å². The molecule has 1 saturated heterocycles. The van der Waals surface area contributed by atoms with E-state index in [0.717, 1.165) is 51.6 Å². The maximum atomic E-state index is 13.3. The van der Waals surface area contributed by atoms with Crippen molar-refractivity contribution in [1.29, 1.82) is 0 Å². The van der Waals surface area contributed by atoms with Gasteiger partial charge in [0.15, 0.2) is 0 Å². The molecule has 47 heavy (non-hydrogen) atoms. The van der Waals surface area contributed by atoms with Gasteiger partial charge in [0, 0.05) is 6.42 Å². The smallest absolute Gasteiger partial charge is 0.681 e. The summed E-state index contributed by atoms with van der Waals surface area (Å²) in [7, 11) is 1.32. The van der Waals surface area contributed by atoms with Crippen molar-refractivity contribution >= 4 is 52.7 Å². The summed E-state index contributed by atoms with van der Waals surface area (Å²) in [5.74, 6) is -0.843. The third kappa shape index (κ3) is 5.80. The number of allylic oxidation sites excluding steroid dienone is 2. The molecule has 5 heterocycles. The maximum absolute atomic E-state index is 13.3. The average molecular weight is 649 g/mol. The third-order valence-corrected chi connectivity index (χ3v) is 10.6. The molecule has 10 heteroatoms. The summed E-state index contributed by atoms with van der Waals surface area (Å²) in [5.41, 5.74) is 8.69. The van der Waals surface area contributed by atoms with E-state index >= 15 is 0 Å². The topological polar surface area (TPSA) is 129 Å². The fraction of sp³-hybridized carbons (Fsp3) is 0.514. The fourth-order valence-electron chi connectivity index (χ4n) is 7.99. The number of hydrogen-bond acceptors (Lipinski definition) is 5. The number of methoxy groups -OCH3 is 1. The van der Waals surface area contributed by atoms with Crippen molar-refractivity contribution in [3.8, 4) is 0 Å². The number of ether oxygens (including phenoxy) is 2. The molecule has 9 nitrogen and oxygen atoms in total. The van der Waals surface area contributed by atoms with Gasteiger partial charge < -0.3 is 35.2 Å². The minimum atomic E-state index is -1.21. The number of carbonyl (C=O) groups is 2. The van der Waals surface area contributed by atoms with E-state index in [-0.39, 0.29) is 64.8 Å². The molecule has 1 fully saturated rings. The van der Waals surface area contributed by atoms with Gasteiger partial charge >= 0.3 is 35.0 Å². The standard InChI is InChI=1S/C37H45N4O5.Mg/c1-9-21-17(4)24-14-26-19(6)23(12-13-30(42)46-11-3)34(40-26)32-33(37(44)45-8)36(43)31-20(7)27(41-35(31)32)16-29-22(10-2)18(5)25(39-29)15-28(21)38-24;/h14-16,19,21,23,28,34,36,43H,9-13H2,1-8H3,(H-,39,41,44);/q-3;+2/p-1/b25-15-,26-14-;/t19-,21+,23-,28?,34?,36-;/m0./s1. The first kappa shape index (κ1) is 35.1. The van der Waals surface area contributed by atoms with Crippen LogP contribution in [0.3, 0.4) is 0 Å². The van der Waals surface area contributed by atoms with Crippen LogP contribution in [-0.2, 0) is 25.5 Å². The molecule has 6 rings (SSSR count). The van der Waals surface area contributed by atoms with Crippen molar-refractivity contribution in [2.75, 3.05) is 13.7 Å². The third-order valence-electron chi connectivity index (χ3n) is 10.6. The summed E-state index contributed by atoms with van der Waals surface area (Å²) >= 11 is 0. The second kappa shape index (κ2) is 13.7. The Hall–Kier alpha value is -3.21. The van der Waals surface area contributed by atoms with Gasteiger partial charge in [-0.1, -0.05) is 79.3 Å². The fourth-order valence-corrected chi connectivity index (χ4v) is 7.99. The van der Waals surface area contributed by atoms with Crippen LogP contribution in [0, 0.1) is 31.6 Å². The van der Waals surface area contributed by atoms with E-state index in [9.17, 15) is 14.7 Å². The molecule has 246 valence electrons. The number of carbonyl (C=O) groups excluding carboxylic acids is 2. The van der Waals surface area contributed by atoms with Gasteiger partial charge in [0.25, 0.3) is 0 Å². The first-order chi connectivity index (χ1) is 22.0. The van der Waals surface area contributed by atoms with E-state index in [1.54, 1.807) is 6.92 Å². The van der Waals surface area contributed by atoms with Gasteiger partial charge in [-0.05, 0) is 63.9 Å². The van der Waals surface area contributed by atoms with Crippen molar-refractivity contribution < 1.29 is 24.2 Å². The molecule has 2 aromatic rings. The molecular formula is C37H44MgN4O5-2. The normalized spacial score (nSPS) is 28.3. The summed E-state index contributed by atoms with van der Waals surface area (Å²) in [4.78, 5) is 36.1. The predicted molar refractivity (Wildman–Crippen MR) is 183 cm³/mol. The SMILES string of the molecule is CCOC(=O)CC[C@@H]1C2[N-]/C(=C\C3=C(C)[C@@H](CC)C(/C=c4\[n-]/c(c(CC)c4C)=C\c4[n-]c5c(c4C)[C@H](O)C(C(=O)OC)=C52)[N-]3)[C@H]1C.[Mg+2]. The molecule has 0 saturated carbocycles. The first-order valence-corrected chi connectivity index (χ1v) is 16.6. The molecular weight excluding hydrogens is 605 g/mol. The Kier molecular flexibility index (Phi) is 10.2. The molecule has 3 aliphatic heterocycles. The Morgan fingerprint density at radius 2 is 1.74 bits per heavy atom. The molecule has 4 aliphatic rings. The van der Waals surface area contributed by atoms with Gasteiger partial charge in [-0.2, -0.15) is 5.70 Å². The number of nitrogens with zero attached hydrogens (tertiary/aromatic N) is 4. The maximum Gasteiger partial charge on any atom is 2.00 e. The zero-order valence-electron chi connectivity index (χ0n) is 28.8. The van der Waals surface area contributed by atoms with Crippen molar-refractivity contribution in [2.24, 2.45) is 17.8 Å². The van der Waals surface area contributed by atoms with Crippen molar-refractivity contribution in [3.05, 3.63) is 83.6 Å². The average Bonchev–Trinajstić information content (AvgIpc) is 3.77. The number of fused-ring (bicyclic) bond motifs is 8. The quantitative estimate of drug-likeness (QED) is 0.350. The summed E-state index contributed by atoms with van der Waals surface area (Å²) in [6, 6.07) is -0.574. The van der Waals surface area contributed by atoms with Gasteiger partial charge in [0.05, 0.1) is 19.3 Å². The zero-order chi connectivity index (χ0) is 33.0. The molecule has 0 aromatic carbocycles. The largest absolute Gasteiger partial charge is 2.00 e. The van der Waals surface area contributed by atoms with Crippen molar-refractivity contribution in [1.82, 2.24) is 9.97 Å². The number of aliphatic hydroxyl groups excluding tert-OH is 1. The summed E-state index contributed by atoms with van der Waals surface area (Å²) in [6.07, 6.45) is 7.55. The van der Waals surface area contributed by atoms with E-state index in [4.69, 9.17) is 30.1 Å². The van der Waals surface area contributed by atoms with Crippen LogP contribution in [0.5, 0.6) is 0 Å². The monoisotopic (exact) mass is 648 g/mol. The van der Waals surface area contributed by atoms with Crippen LogP contribution in [0.1, 0.15) is 93.6 Å². The van der Waals surface area contributed by atoms with Gasteiger partial charge in [0.1, 0.15) is 6.10 Å². The summed E-state index contributed by atoms with van der Waals surface area (Å²) in [6.45, 7) is 14.8. The first-order valence-electron chi connectivity index (χ1n) is 16.6. The van der Waals surface area contributed by atoms with Gasteiger partial charge in [-0.15, -0.1) is 33.9 Å². The van der Waals surface area contributed by atoms with Crippen LogP contribution < -0.4 is 20.7 Å². The molecule has 0 radical (unpaired) electrons. The van der Waals surface area contributed by atoms with Gasteiger partial charge in [0.2, 0.25) is 0 Å². The van der Waals surface area contributed by atoms with Crippen LogP contribution in [0.15, 0.2) is 28.6 Å². The van der Waals surface area contributed by atoms with Gasteiger partial charge in [-0.3, -0.25) is 4.79 Å². The van der Waals surface area contributed by atoms with Gasteiger partial charge in [-0.25, -0.2) is 4.79 Å². The Morgan fingerprint density at radius 3 is 2.40 bits per heavy atom. The van der Waals surface area contributed by atoms with E-state index in [1.165, 1.54) is 12.7 Å². The summed E-state index contributed by atoms with van der Waals surface area (Å²) in [5, 5.41) is 24.0. The number of hydrogen-bond donors (Lipinski definition) is 1. The van der Waals surface area contributed by atoms with Crippen LogP contribution >= 0.6 is 0 Å². The van der Waals surface area contributed by atoms with E-state index in [1.807, 2.05) is 13.0 Å². The van der Waals surface area contributed by atoms with Crippen LogP contribution in [0.25, 0.3) is 28.4 Å². The van der Waals surface area contributed by atoms with E-state index in [0.29, 0.717) is 35.6 Å². The molecule has 1 N–H and O–H groups in total. The number of aromatic nitrogens is 2. The number of esters is 2. The Labute approximate surface area is 293 Å². The molecule has 0 amide bonds. The second-order valence-corrected chi connectivity index (χ2v) is 12.9. The molecule has 6 atom stereocenters. The Morgan fingerprint density at radius 1 is 1.00 bits per heavy atom. The zero-order valence-corrected chi connectivity index (χ0v) is 30.2. The number of aliphatic hydroxyl groups is 1. The molecule has 0 spiro atoms. The Bertz CT molecular complexity index is 1810. The molecule has 8 bridgehead atoms. The molecule has 2 unspecified atom stereocenters. The van der Waals surface area contributed by atoms with Crippen LogP contribution in [0.4, 0.5) is 0 Å². The summed E-state index contributed by atoms with van der Waals surface area (Å²) < 4.78 is 10.5. The molecule has 2 aromatic heterocycles. The van der Waals surface area contributed by atoms with E-state index < -0.39 is 18.1 Å². The second-order valence-electron chi connectivity index (χ2n) is 12.9. The Balaban J connectivity index is 0.00000433.